The van der Waals surface area contributed by atoms with E-state index in [1.54, 1.807) is 12.1 Å². The molecule has 0 fully saturated rings. The van der Waals surface area contributed by atoms with Gasteiger partial charge in [0.2, 0.25) is 5.91 Å². The second-order valence-electron chi connectivity index (χ2n) is 9.16. The minimum atomic E-state index is -0.346. The lowest BCUT2D eigenvalue weighted by Crippen LogP contribution is -2.41. The van der Waals surface area contributed by atoms with Gasteiger partial charge in [-0.15, -0.1) is 0 Å². The summed E-state index contributed by atoms with van der Waals surface area (Å²) in [5.74, 6) is 1.68. The van der Waals surface area contributed by atoms with Gasteiger partial charge in [0.15, 0.2) is 0 Å². The number of carbonyl (C=O) groups excluding carboxylic acids is 1. The van der Waals surface area contributed by atoms with Gasteiger partial charge < -0.3 is 9.32 Å². The maximum Gasteiger partial charge on any atom is 0.237 e. The van der Waals surface area contributed by atoms with Gasteiger partial charge in [0.1, 0.15) is 17.3 Å². The summed E-state index contributed by atoms with van der Waals surface area (Å²) in [6, 6.07) is 18.6. The molecule has 0 bridgehead atoms. The lowest BCUT2D eigenvalue weighted by Gasteiger charge is -2.28. The summed E-state index contributed by atoms with van der Waals surface area (Å²) >= 11 is 6.29. The number of aryl methyl sites for hydroxylation is 1. The van der Waals surface area contributed by atoms with Crippen LogP contribution >= 0.6 is 11.6 Å². The normalized spacial score (nSPS) is 11.4. The topological polar surface area (TPSA) is 36.7 Å². The molecule has 0 saturated heterocycles. The molecule has 0 radical (unpaired) electrons. The fourth-order valence-electron chi connectivity index (χ4n) is 3.81. The summed E-state index contributed by atoms with van der Waals surface area (Å²) in [5, 5.41) is 0.383. The highest BCUT2D eigenvalue weighted by atomic mass is 35.5. The Morgan fingerprint density at radius 3 is 2.41 bits per heavy atom. The number of furan rings is 1. The predicted molar refractivity (Wildman–Crippen MR) is 135 cm³/mol. The van der Waals surface area contributed by atoms with Gasteiger partial charge >= 0.3 is 0 Å². The first kappa shape index (κ1) is 26.0. The van der Waals surface area contributed by atoms with E-state index >= 15 is 0 Å². The van der Waals surface area contributed by atoms with Crippen molar-refractivity contribution in [2.45, 2.75) is 46.7 Å². The summed E-state index contributed by atoms with van der Waals surface area (Å²) in [6.45, 7) is 8.30. The van der Waals surface area contributed by atoms with Crippen molar-refractivity contribution >= 4 is 17.5 Å². The van der Waals surface area contributed by atoms with Crippen LogP contribution in [0, 0.1) is 18.7 Å². The van der Waals surface area contributed by atoms with Crippen molar-refractivity contribution in [3.63, 3.8) is 0 Å². The molecule has 1 aromatic heterocycles. The van der Waals surface area contributed by atoms with Crippen LogP contribution in [0.1, 0.15) is 42.9 Å². The van der Waals surface area contributed by atoms with E-state index in [9.17, 15) is 9.18 Å². The van der Waals surface area contributed by atoms with Crippen LogP contribution in [0.25, 0.3) is 0 Å². The zero-order chi connectivity index (χ0) is 24.5. The highest BCUT2D eigenvalue weighted by molar-refractivity contribution is 6.31. The molecule has 0 atom stereocenters. The summed E-state index contributed by atoms with van der Waals surface area (Å²) in [7, 11) is 0. The van der Waals surface area contributed by atoms with E-state index in [2.05, 4.69) is 26.0 Å². The Morgan fingerprint density at radius 2 is 1.76 bits per heavy atom. The molecule has 0 saturated carbocycles. The average molecular weight is 485 g/mol. The Morgan fingerprint density at radius 1 is 1.00 bits per heavy atom. The third-order valence-electron chi connectivity index (χ3n) is 5.83. The fourth-order valence-corrected chi connectivity index (χ4v) is 4.03. The Balaban J connectivity index is 1.75. The van der Waals surface area contributed by atoms with Gasteiger partial charge in [-0.3, -0.25) is 9.69 Å². The molecule has 182 valence electrons. The van der Waals surface area contributed by atoms with Crippen LogP contribution < -0.4 is 0 Å². The van der Waals surface area contributed by atoms with Crippen molar-refractivity contribution < 1.29 is 13.6 Å². The van der Waals surface area contributed by atoms with Crippen molar-refractivity contribution in [3.05, 3.63) is 94.2 Å². The molecule has 3 aromatic rings. The smallest absolute Gasteiger partial charge is 0.237 e. The molecule has 0 aliphatic rings. The molecule has 2 aromatic carbocycles. The number of carbonyl (C=O) groups is 1. The number of hydrogen-bond acceptors (Lipinski definition) is 3. The second kappa shape index (κ2) is 12.7. The first-order valence-electron chi connectivity index (χ1n) is 11.8. The molecule has 0 aliphatic heterocycles. The molecule has 6 heteroatoms. The van der Waals surface area contributed by atoms with Crippen LogP contribution in [0.5, 0.6) is 0 Å². The predicted octanol–water partition coefficient (Wildman–Crippen LogP) is 6.50. The Labute approximate surface area is 207 Å². The van der Waals surface area contributed by atoms with Crippen LogP contribution in [-0.2, 0) is 24.3 Å². The van der Waals surface area contributed by atoms with Gasteiger partial charge in [0.05, 0.1) is 13.1 Å². The molecule has 0 unspecified atom stereocenters. The van der Waals surface area contributed by atoms with Crippen LogP contribution in [0.15, 0.2) is 65.1 Å². The SMILES string of the molecule is Cc1ccc(CN(CCc2ccccc2)C(=O)CN(CCC(C)C)Cc2c(F)cccc2Cl)o1. The van der Waals surface area contributed by atoms with Gasteiger partial charge in [0, 0.05) is 23.7 Å². The maximum atomic E-state index is 14.5. The number of nitrogens with zero attached hydrogens (tertiary/aromatic N) is 2. The minimum Gasteiger partial charge on any atom is -0.464 e. The van der Waals surface area contributed by atoms with Crippen molar-refractivity contribution in [2.24, 2.45) is 5.92 Å². The van der Waals surface area contributed by atoms with Crippen molar-refractivity contribution in [1.82, 2.24) is 9.80 Å². The molecule has 0 N–H and O–H groups in total. The molecular weight excluding hydrogens is 451 g/mol. The molecule has 1 amide bonds. The second-order valence-corrected chi connectivity index (χ2v) is 9.56. The third kappa shape index (κ3) is 8.00. The lowest BCUT2D eigenvalue weighted by atomic mass is 10.1. The highest BCUT2D eigenvalue weighted by Crippen LogP contribution is 2.22. The summed E-state index contributed by atoms with van der Waals surface area (Å²) < 4.78 is 20.2. The summed E-state index contributed by atoms with van der Waals surface area (Å²) in [6.07, 6.45) is 1.65. The Bertz CT molecular complexity index is 1030. The fraction of sp³-hybridized carbons (Fsp3) is 0.393. The first-order valence-corrected chi connectivity index (χ1v) is 12.2. The molecule has 0 spiro atoms. The van der Waals surface area contributed by atoms with Crippen LogP contribution in [-0.4, -0.2) is 35.3 Å². The van der Waals surface area contributed by atoms with E-state index in [4.69, 9.17) is 16.0 Å². The molecule has 0 aliphatic carbocycles. The Hall–Kier alpha value is -2.63. The molecule has 34 heavy (non-hydrogen) atoms. The van der Waals surface area contributed by atoms with Gasteiger partial charge in [0.25, 0.3) is 0 Å². The average Bonchev–Trinajstić information content (AvgIpc) is 3.22. The van der Waals surface area contributed by atoms with Gasteiger partial charge in [-0.25, -0.2) is 4.39 Å². The van der Waals surface area contributed by atoms with Crippen molar-refractivity contribution in [3.8, 4) is 0 Å². The minimum absolute atomic E-state index is 0.0128. The number of benzene rings is 2. The van der Waals surface area contributed by atoms with Crippen LogP contribution in [0.3, 0.4) is 0 Å². The number of hydrogen-bond donors (Lipinski definition) is 0. The van der Waals surface area contributed by atoms with Crippen LogP contribution in [0.4, 0.5) is 4.39 Å². The molecule has 1 heterocycles. The zero-order valence-electron chi connectivity index (χ0n) is 20.3. The maximum absolute atomic E-state index is 14.5. The van der Waals surface area contributed by atoms with Gasteiger partial charge in [-0.2, -0.15) is 0 Å². The zero-order valence-corrected chi connectivity index (χ0v) is 21.0. The van der Waals surface area contributed by atoms with E-state index in [0.29, 0.717) is 36.1 Å². The first-order chi connectivity index (χ1) is 16.3. The van der Waals surface area contributed by atoms with Gasteiger partial charge in [-0.05, 0) is 62.1 Å². The van der Waals surface area contributed by atoms with Crippen LogP contribution in [0.2, 0.25) is 5.02 Å². The third-order valence-corrected chi connectivity index (χ3v) is 6.19. The van der Waals surface area contributed by atoms with E-state index < -0.39 is 0 Å². The van der Waals surface area contributed by atoms with Crippen molar-refractivity contribution in [1.29, 1.82) is 0 Å². The summed E-state index contributed by atoms with van der Waals surface area (Å²) in [5.41, 5.74) is 1.60. The monoisotopic (exact) mass is 484 g/mol. The summed E-state index contributed by atoms with van der Waals surface area (Å²) in [4.78, 5) is 17.3. The number of halogens is 2. The van der Waals surface area contributed by atoms with E-state index in [0.717, 1.165) is 24.4 Å². The van der Waals surface area contributed by atoms with Gasteiger partial charge in [-0.1, -0.05) is 61.8 Å². The molecule has 4 nitrogen and oxygen atoms in total. The van der Waals surface area contributed by atoms with E-state index in [1.165, 1.54) is 11.6 Å². The molecule has 3 rings (SSSR count). The largest absolute Gasteiger partial charge is 0.464 e. The van der Waals surface area contributed by atoms with E-state index in [1.807, 2.05) is 47.1 Å². The quantitative estimate of drug-likeness (QED) is 0.294. The lowest BCUT2D eigenvalue weighted by molar-refractivity contribution is -0.133. The highest BCUT2D eigenvalue weighted by Gasteiger charge is 2.21. The number of amides is 1. The molecular formula is C28H34ClFN2O2. The standard InChI is InChI=1S/C28H34ClFN2O2/c1-21(2)14-16-31(19-25-26(29)10-7-11-27(25)30)20-28(33)32(18-24-13-12-22(3)34-24)17-15-23-8-5-4-6-9-23/h4-13,21H,14-20H2,1-3H3. The Kier molecular flexibility index (Phi) is 9.73. The number of rotatable bonds is 12. The van der Waals surface area contributed by atoms with E-state index in [-0.39, 0.29) is 24.8 Å². The van der Waals surface area contributed by atoms with Crippen molar-refractivity contribution in [2.75, 3.05) is 19.6 Å².